The van der Waals surface area contributed by atoms with Crippen LogP contribution in [0.2, 0.25) is 0 Å². The van der Waals surface area contributed by atoms with Crippen LogP contribution in [0.5, 0.6) is 0 Å². The fraction of sp³-hybridized carbons (Fsp3) is 0.303. The highest BCUT2D eigenvalue weighted by Gasteiger charge is 2.45. The molecule has 0 radical (unpaired) electrons. The van der Waals surface area contributed by atoms with Crippen molar-refractivity contribution in [2.75, 3.05) is 37.4 Å². The van der Waals surface area contributed by atoms with Crippen LogP contribution in [-0.2, 0) is 15.7 Å². The normalized spacial score (nSPS) is 17.8. The molecule has 1 aromatic carbocycles. The van der Waals surface area contributed by atoms with Crippen LogP contribution in [0.1, 0.15) is 47.4 Å². The summed E-state index contributed by atoms with van der Waals surface area (Å²) >= 11 is 0. The Balaban J connectivity index is 1.24. The quantitative estimate of drug-likeness (QED) is 0.242. The summed E-state index contributed by atoms with van der Waals surface area (Å²) in [6, 6.07) is 11.7. The summed E-state index contributed by atoms with van der Waals surface area (Å²) in [5.74, 6) is 0.579. The van der Waals surface area contributed by atoms with Gasteiger partial charge in [-0.05, 0) is 56.2 Å². The molecule has 4 aromatic heterocycles. The average Bonchev–Trinajstić information content (AvgIpc) is 3.73. The van der Waals surface area contributed by atoms with Gasteiger partial charge in [-0.2, -0.15) is 13.2 Å². The molecule has 0 saturated carbocycles. The lowest BCUT2D eigenvalue weighted by Crippen LogP contribution is -2.55. The van der Waals surface area contributed by atoms with Crippen LogP contribution in [0, 0.1) is 5.41 Å². The number of furan rings is 1. The standard InChI is InChI=1S/C33H30F3N7O4/c1-32(17-46-18-32)31(45)42-12-2-4-21(16-42)29-41-26(27-28(37)39-15-23(43(27)29)24-5-3-13-47-24)19-6-8-20(9-7-19)30(44)40-25-14-22(10-11-38-25)33(34,35)36/h3,5-11,13-15,21H,2,4,12,16-18H2,1H3,(H2,37,39)(H,38,40,44)/t21-/m1/s1. The van der Waals surface area contributed by atoms with Crippen molar-refractivity contribution in [1.29, 1.82) is 0 Å². The molecule has 7 rings (SSSR count). The number of rotatable bonds is 6. The van der Waals surface area contributed by atoms with E-state index in [1.165, 1.54) is 0 Å². The van der Waals surface area contributed by atoms with E-state index in [0.717, 1.165) is 31.2 Å². The maximum Gasteiger partial charge on any atom is 0.416 e. The first-order valence-corrected chi connectivity index (χ1v) is 15.0. The van der Waals surface area contributed by atoms with E-state index in [1.54, 1.807) is 42.8 Å². The van der Waals surface area contributed by atoms with E-state index in [9.17, 15) is 22.8 Å². The number of halogens is 3. The van der Waals surface area contributed by atoms with Gasteiger partial charge in [-0.1, -0.05) is 12.1 Å². The zero-order valence-electron chi connectivity index (χ0n) is 25.3. The molecule has 6 heterocycles. The van der Waals surface area contributed by atoms with E-state index < -0.39 is 23.1 Å². The summed E-state index contributed by atoms with van der Waals surface area (Å²) in [6.45, 7) is 3.84. The number of nitrogens with one attached hydrogen (secondary N) is 1. The van der Waals surface area contributed by atoms with Gasteiger partial charge in [0.1, 0.15) is 34.4 Å². The van der Waals surface area contributed by atoms with E-state index in [4.69, 9.17) is 19.9 Å². The smallest absolute Gasteiger partial charge is 0.416 e. The van der Waals surface area contributed by atoms with Crippen molar-refractivity contribution < 1.29 is 31.9 Å². The van der Waals surface area contributed by atoms with E-state index in [-0.39, 0.29) is 29.0 Å². The SMILES string of the molecule is CC1(C(=O)N2CCC[C@@H](c3nc(-c4ccc(C(=O)Nc5cc(C(F)(F)F)ccn5)cc4)c4c(N)ncc(-c5ccco5)n34)C2)COC1. The number of ether oxygens (including phenoxy) is 1. The van der Waals surface area contributed by atoms with Gasteiger partial charge in [0, 0.05) is 36.3 Å². The largest absolute Gasteiger partial charge is 0.463 e. The molecule has 0 bridgehead atoms. The topological polar surface area (TPSA) is 141 Å². The maximum absolute atomic E-state index is 13.4. The highest BCUT2D eigenvalue weighted by molar-refractivity contribution is 6.04. The van der Waals surface area contributed by atoms with Gasteiger partial charge in [-0.15, -0.1) is 0 Å². The summed E-state index contributed by atoms with van der Waals surface area (Å²) in [5, 5.41) is 2.42. The zero-order chi connectivity index (χ0) is 32.9. The molecule has 2 fully saturated rings. The number of benzene rings is 1. The van der Waals surface area contributed by atoms with Crippen molar-refractivity contribution in [3.05, 3.63) is 84.1 Å². The number of alkyl halides is 3. The van der Waals surface area contributed by atoms with Crippen LogP contribution < -0.4 is 11.1 Å². The van der Waals surface area contributed by atoms with Crippen LogP contribution >= 0.6 is 0 Å². The molecule has 47 heavy (non-hydrogen) atoms. The van der Waals surface area contributed by atoms with Gasteiger partial charge in [0.15, 0.2) is 5.76 Å². The Kier molecular flexibility index (Phi) is 7.46. The van der Waals surface area contributed by atoms with Gasteiger partial charge < -0.3 is 25.1 Å². The lowest BCUT2D eigenvalue weighted by atomic mass is 9.85. The molecule has 1 atom stereocenters. The Hall–Kier alpha value is -5.24. The summed E-state index contributed by atoms with van der Waals surface area (Å²) in [4.78, 5) is 41.6. The van der Waals surface area contributed by atoms with Crippen LogP contribution in [-0.4, -0.2) is 62.4 Å². The first-order valence-electron chi connectivity index (χ1n) is 15.0. The van der Waals surface area contributed by atoms with Crippen molar-refractivity contribution in [3.8, 4) is 22.7 Å². The Morgan fingerprint density at radius 2 is 1.89 bits per heavy atom. The molecule has 2 amide bonds. The second-order valence-electron chi connectivity index (χ2n) is 12.1. The summed E-state index contributed by atoms with van der Waals surface area (Å²) in [7, 11) is 0. The fourth-order valence-electron chi connectivity index (χ4n) is 6.17. The lowest BCUT2D eigenvalue weighted by Gasteiger charge is -2.42. The third-order valence-corrected chi connectivity index (χ3v) is 8.67. The Bertz CT molecular complexity index is 1970. The fourth-order valence-corrected chi connectivity index (χ4v) is 6.17. The number of pyridine rings is 1. The van der Waals surface area contributed by atoms with Crippen LogP contribution in [0.25, 0.3) is 28.2 Å². The number of carbonyl (C=O) groups is 2. The predicted octanol–water partition coefficient (Wildman–Crippen LogP) is 5.65. The summed E-state index contributed by atoms with van der Waals surface area (Å²) < 4.78 is 52.4. The van der Waals surface area contributed by atoms with Crippen LogP contribution in [0.15, 0.2) is 71.6 Å². The van der Waals surface area contributed by atoms with Gasteiger partial charge >= 0.3 is 6.18 Å². The van der Waals surface area contributed by atoms with Gasteiger partial charge in [-0.3, -0.25) is 14.0 Å². The molecule has 11 nitrogen and oxygen atoms in total. The number of nitrogen functional groups attached to an aromatic ring is 1. The van der Waals surface area contributed by atoms with Crippen LogP contribution in [0.4, 0.5) is 24.8 Å². The summed E-state index contributed by atoms with van der Waals surface area (Å²) in [5.41, 5.74) is 7.59. The predicted molar refractivity (Wildman–Crippen MR) is 165 cm³/mol. The van der Waals surface area contributed by atoms with Crippen molar-refractivity contribution >= 4 is 29.0 Å². The molecule has 0 unspecified atom stereocenters. The summed E-state index contributed by atoms with van der Waals surface area (Å²) in [6.07, 6.45) is 1.19. The van der Waals surface area contributed by atoms with Gasteiger partial charge in [0.05, 0.1) is 36.7 Å². The number of hydrogen-bond donors (Lipinski definition) is 2. The van der Waals surface area contributed by atoms with Crippen molar-refractivity contribution in [2.45, 2.75) is 31.9 Å². The average molecular weight is 646 g/mol. The minimum absolute atomic E-state index is 0.0659. The number of piperidine rings is 1. The second-order valence-corrected chi connectivity index (χ2v) is 12.1. The highest BCUT2D eigenvalue weighted by Crippen LogP contribution is 2.39. The van der Waals surface area contributed by atoms with E-state index in [1.807, 2.05) is 22.3 Å². The maximum atomic E-state index is 13.4. The molecule has 2 saturated heterocycles. The minimum Gasteiger partial charge on any atom is -0.463 e. The lowest BCUT2D eigenvalue weighted by molar-refractivity contribution is -0.170. The van der Waals surface area contributed by atoms with Crippen LogP contribution in [0.3, 0.4) is 0 Å². The Morgan fingerprint density at radius 1 is 1.11 bits per heavy atom. The van der Waals surface area contributed by atoms with Gasteiger partial charge in [-0.25, -0.2) is 15.0 Å². The van der Waals surface area contributed by atoms with E-state index in [0.29, 0.717) is 60.4 Å². The number of imidazole rings is 1. The van der Waals surface area contributed by atoms with E-state index >= 15 is 0 Å². The van der Waals surface area contributed by atoms with Gasteiger partial charge in [0.2, 0.25) is 5.91 Å². The third-order valence-electron chi connectivity index (χ3n) is 8.67. The van der Waals surface area contributed by atoms with Gasteiger partial charge in [0.25, 0.3) is 5.91 Å². The van der Waals surface area contributed by atoms with Crippen molar-refractivity contribution in [1.82, 2.24) is 24.3 Å². The second kappa shape index (κ2) is 11.5. The molecular formula is C33H30F3N7O4. The zero-order valence-corrected chi connectivity index (χ0v) is 25.3. The number of nitrogens with zero attached hydrogens (tertiary/aromatic N) is 5. The van der Waals surface area contributed by atoms with Crippen molar-refractivity contribution in [2.24, 2.45) is 5.41 Å². The Labute approximate surface area is 266 Å². The third kappa shape index (κ3) is 5.58. The van der Waals surface area contributed by atoms with E-state index in [2.05, 4.69) is 15.3 Å². The minimum atomic E-state index is -4.57. The number of anilines is 2. The number of nitrogens with two attached hydrogens (primary N) is 1. The number of aromatic nitrogens is 4. The molecule has 0 spiro atoms. The van der Waals surface area contributed by atoms with Crippen molar-refractivity contribution in [3.63, 3.8) is 0 Å². The highest BCUT2D eigenvalue weighted by atomic mass is 19.4. The Morgan fingerprint density at radius 3 is 2.57 bits per heavy atom. The first-order chi connectivity index (χ1) is 22.5. The number of likely N-dealkylation sites (tertiary alicyclic amines) is 1. The number of hydrogen-bond acceptors (Lipinski definition) is 8. The first kappa shape index (κ1) is 30.4. The molecule has 242 valence electrons. The molecule has 5 aromatic rings. The molecule has 2 aliphatic heterocycles. The molecule has 0 aliphatic carbocycles. The molecule has 14 heteroatoms. The number of carbonyl (C=O) groups excluding carboxylic acids is 2. The number of fused-ring (bicyclic) bond motifs is 1. The molecule has 3 N–H and O–H groups in total. The number of amides is 2. The molecular weight excluding hydrogens is 615 g/mol. The monoisotopic (exact) mass is 645 g/mol. The molecule has 2 aliphatic rings.